The molecule has 1 aromatic heterocycles. The average molecular weight is 543 g/mol. The summed E-state index contributed by atoms with van der Waals surface area (Å²) in [7, 11) is 1.49. The number of carboxylic acid groups (broad SMARTS) is 1. The molecule has 9 nitrogen and oxygen atoms in total. The van der Waals surface area contributed by atoms with Crippen LogP contribution in [0.3, 0.4) is 0 Å². The fraction of sp³-hybridized carbons (Fsp3) is 0.103. The highest BCUT2D eigenvalue weighted by molar-refractivity contribution is 6.36. The van der Waals surface area contributed by atoms with Gasteiger partial charge in [-0.3, -0.25) is 9.59 Å². The first-order valence-electron chi connectivity index (χ1n) is 11.9. The van der Waals surface area contributed by atoms with Crippen molar-refractivity contribution in [1.29, 1.82) is 0 Å². The standard InChI is InChI=1S/C29H23ClN4O5/c1-39-26-7-6-18(10-16(26)11-27(36)37)31-9-8-20-21-12-22(23(30)13-24(21)34-29(20)38)28-32-14-17(15-33-28)19-4-2-3-5-25(19)35/h2-8,10,12-15,31,35H,9,11H2,1H3,(H,34,38)(H,36,37). The van der Waals surface area contributed by atoms with Crippen LogP contribution in [0.15, 0.2) is 73.1 Å². The van der Waals surface area contributed by atoms with Gasteiger partial charge >= 0.3 is 5.97 Å². The van der Waals surface area contributed by atoms with Gasteiger partial charge in [-0.1, -0.05) is 35.9 Å². The number of para-hydroxylation sites is 1. The molecule has 0 fully saturated rings. The Morgan fingerprint density at radius 2 is 1.85 bits per heavy atom. The Labute approximate surface area is 228 Å². The Hall–Kier alpha value is -4.89. The molecule has 0 saturated heterocycles. The van der Waals surface area contributed by atoms with Gasteiger partial charge in [0.25, 0.3) is 5.91 Å². The number of rotatable bonds is 8. The van der Waals surface area contributed by atoms with Crippen molar-refractivity contribution in [1.82, 2.24) is 9.97 Å². The minimum absolute atomic E-state index is 0.130. The molecule has 4 N–H and O–H groups in total. The van der Waals surface area contributed by atoms with Crippen LogP contribution in [-0.2, 0) is 16.0 Å². The predicted octanol–water partition coefficient (Wildman–Crippen LogP) is 5.25. The lowest BCUT2D eigenvalue weighted by atomic mass is 10.0. The van der Waals surface area contributed by atoms with Crippen molar-refractivity contribution in [2.75, 3.05) is 24.3 Å². The van der Waals surface area contributed by atoms with Gasteiger partial charge in [-0.15, -0.1) is 0 Å². The Morgan fingerprint density at radius 3 is 2.56 bits per heavy atom. The van der Waals surface area contributed by atoms with Gasteiger partial charge < -0.3 is 25.6 Å². The van der Waals surface area contributed by atoms with E-state index in [9.17, 15) is 14.7 Å². The van der Waals surface area contributed by atoms with Gasteiger partial charge in [-0.05, 0) is 36.4 Å². The summed E-state index contributed by atoms with van der Waals surface area (Å²) in [5.74, 6) is -0.228. The number of fused-ring (bicyclic) bond motifs is 1. The largest absolute Gasteiger partial charge is 0.507 e. The minimum atomic E-state index is -0.960. The molecule has 1 aliphatic heterocycles. The topological polar surface area (TPSA) is 134 Å². The smallest absolute Gasteiger partial charge is 0.307 e. The van der Waals surface area contributed by atoms with Crippen LogP contribution in [0.5, 0.6) is 11.5 Å². The minimum Gasteiger partial charge on any atom is -0.507 e. The van der Waals surface area contributed by atoms with E-state index in [0.29, 0.717) is 67.9 Å². The van der Waals surface area contributed by atoms with Gasteiger partial charge in [0.15, 0.2) is 5.82 Å². The molecular formula is C29H23ClN4O5. The van der Waals surface area contributed by atoms with E-state index in [1.54, 1.807) is 67.0 Å². The Morgan fingerprint density at radius 1 is 1.08 bits per heavy atom. The first-order chi connectivity index (χ1) is 18.8. The molecule has 3 aromatic carbocycles. The summed E-state index contributed by atoms with van der Waals surface area (Å²) in [5.41, 5.74) is 4.77. The van der Waals surface area contributed by atoms with E-state index >= 15 is 0 Å². The maximum atomic E-state index is 12.7. The number of halogens is 1. The molecule has 10 heteroatoms. The summed E-state index contributed by atoms with van der Waals surface area (Å²) >= 11 is 6.52. The molecule has 0 bridgehead atoms. The number of carbonyl (C=O) groups is 2. The number of nitrogens with zero attached hydrogens (tertiary/aromatic N) is 2. The van der Waals surface area contributed by atoms with Crippen LogP contribution in [0.25, 0.3) is 28.1 Å². The predicted molar refractivity (Wildman–Crippen MR) is 149 cm³/mol. The van der Waals surface area contributed by atoms with Crippen molar-refractivity contribution in [2.45, 2.75) is 6.42 Å². The molecule has 1 aliphatic rings. The van der Waals surface area contributed by atoms with E-state index in [0.717, 1.165) is 0 Å². The number of aromatic nitrogens is 2. The van der Waals surface area contributed by atoms with Crippen molar-refractivity contribution in [2.24, 2.45) is 0 Å². The summed E-state index contributed by atoms with van der Waals surface area (Å²) in [4.78, 5) is 32.8. The number of carbonyl (C=O) groups excluding carboxylic acids is 1. The molecule has 0 saturated carbocycles. The number of phenolic OH excluding ortho intramolecular Hbond substituents is 1. The molecular weight excluding hydrogens is 520 g/mol. The van der Waals surface area contributed by atoms with E-state index in [1.807, 2.05) is 6.07 Å². The van der Waals surface area contributed by atoms with Crippen molar-refractivity contribution >= 4 is 40.4 Å². The summed E-state index contributed by atoms with van der Waals surface area (Å²) in [6.45, 7) is 0.310. The van der Waals surface area contributed by atoms with Gasteiger partial charge in [-0.2, -0.15) is 0 Å². The number of nitrogens with one attached hydrogen (secondary N) is 2. The fourth-order valence-corrected chi connectivity index (χ4v) is 4.62. The van der Waals surface area contributed by atoms with Crippen LogP contribution in [0.4, 0.5) is 11.4 Å². The summed E-state index contributed by atoms with van der Waals surface area (Å²) in [6.07, 6.45) is 4.80. The zero-order valence-corrected chi connectivity index (χ0v) is 21.5. The number of methoxy groups -OCH3 is 1. The maximum absolute atomic E-state index is 12.7. The third kappa shape index (κ3) is 5.39. The number of phenols is 1. The van der Waals surface area contributed by atoms with Crippen LogP contribution in [0.2, 0.25) is 5.02 Å². The van der Waals surface area contributed by atoms with Gasteiger partial charge in [0.2, 0.25) is 0 Å². The van der Waals surface area contributed by atoms with E-state index in [2.05, 4.69) is 20.6 Å². The van der Waals surface area contributed by atoms with Crippen molar-refractivity contribution in [3.05, 3.63) is 89.2 Å². The van der Waals surface area contributed by atoms with Crippen LogP contribution >= 0.6 is 11.6 Å². The fourth-order valence-electron chi connectivity index (χ4n) is 4.37. The number of hydrogen-bond acceptors (Lipinski definition) is 7. The highest BCUT2D eigenvalue weighted by Gasteiger charge is 2.26. The Balaban J connectivity index is 1.39. The number of amides is 1. The second-order valence-corrected chi connectivity index (χ2v) is 9.15. The first kappa shape index (κ1) is 25.7. The number of hydrogen-bond donors (Lipinski definition) is 4. The molecule has 196 valence electrons. The Kier molecular flexibility index (Phi) is 7.16. The molecule has 5 rings (SSSR count). The second-order valence-electron chi connectivity index (χ2n) is 8.74. The van der Waals surface area contributed by atoms with Crippen LogP contribution < -0.4 is 15.4 Å². The van der Waals surface area contributed by atoms with E-state index in [4.69, 9.17) is 21.4 Å². The molecule has 39 heavy (non-hydrogen) atoms. The lowest BCUT2D eigenvalue weighted by Gasteiger charge is -2.11. The van der Waals surface area contributed by atoms with E-state index in [-0.39, 0.29) is 18.1 Å². The molecule has 0 radical (unpaired) electrons. The zero-order chi connectivity index (χ0) is 27.5. The summed E-state index contributed by atoms with van der Waals surface area (Å²) in [5, 5.41) is 25.7. The lowest BCUT2D eigenvalue weighted by Crippen LogP contribution is -2.07. The molecule has 0 atom stereocenters. The quantitative estimate of drug-likeness (QED) is 0.222. The van der Waals surface area contributed by atoms with Gasteiger partial charge in [0, 0.05) is 58.0 Å². The number of benzene rings is 3. The first-order valence-corrected chi connectivity index (χ1v) is 12.3. The maximum Gasteiger partial charge on any atom is 0.307 e. The summed E-state index contributed by atoms with van der Waals surface area (Å²) in [6, 6.07) is 15.5. The van der Waals surface area contributed by atoms with Gasteiger partial charge in [0.1, 0.15) is 11.5 Å². The van der Waals surface area contributed by atoms with Gasteiger partial charge in [0.05, 0.1) is 24.2 Å². The second kappa shape index (κ2) is 10.8. The van der Waals surface area contributed by atoms with Crippen molar-refractivity contribution < 1.29 is 24.5 Å². The van der Waals surface area contributed by atoms with E-state index < -0.39 is 5.97 Å². The highest BCUT2D eigenvalue weighted by atomic mass is 35.5. The molecule has 0 spiro atoms. The Bertz CT molecular complexity index is 1620. The number of carboxylic acids is 1. The third-order valence-electron chi connectivity index (χ3n) is 6.23. The number of anilines is 2. The third-order valence-corrected chi connectivity index (χ3v) is 6.55. The lowest BCUT2D eigenvalue weighted by molar-refractivity contribution is -0.136. The molecule has 0 aliphatic carbocycles. The monoisotopic (exact) mass is 542 g/mol. The molecule has 2 heterocycles. The number of aliphatic carboxylic acids is 1. The normalized spacial score (nSPS) is 13.2. The zero-order valence-electron chi connectivity index (χ0n) is 20.7. The van der Waals surface area contributed by atoms with Crippen LogP contribution in [0, 0.1) is 0 Å². The molecule has 1 amide bonds. The molecule has 0 unspecified atom stereocenters. The van der Waals surface area contributed by atoms with Gasteiger partial charge in [-0.25, -0.2) is 9.97 Å². The molecule has 4 aromatic rings. The van der Waals surface area contributed by atoms with Crippen LogP contribution in [-0.4, -0.2) is 45.7 Å². The van der Waals surface area contributed by atoms with Crippen molar-refractivity contribution in [3.8, 4) is 34.0 Å². The van der Waals surface area contributed by atoms with Crippen molar-refractivity contribution in [3.63, 3.8) is 0 Å². The van der Waals surface area contributed by atoms with Crippen LogP contribution in [0.1, 0.15) is 11.1 Å². The highest BCUT2D eigenvalue weighted by Crippen LogP contribution is 2.39. The number of aromatic hydroxyl groups is 1. The summed E-state index contributed by atoms with van der Waals surface area (Å²) < 4.78 is 5.24. The average Bonchev–Trinajstić information content (AvgIpc) is 3.22. The van der Waals surface area contributed by atoms with E-state index in [1.165, 1.54) is 7.11 Å². The SMILES string of the molecule is COc1ccc(NCC=C2C(=O)Nc3cc(Cl)c(-c4ncc(-c5ccccc5O)cn4)cc32)cc1CC(=O)O. The number of ether oxygens (including phenoxy) is 1.